The lowest BCUT2D eigenvalue weighted by Crippen LogP contribution is -2.14. The summed E-state index contributed by atoms with van der Waals surface area (Å²) >= 11 is 6.07. The predicted molar refractivity (Wildman–Crippen MR) is 59.6 cm³/mol. The van der Waals surface area contributed by atoms with Gasteiger partial charge in [0.1, 0.15) is 0 Å². The molecule has 0 fully saturated rings. The van der Waals surface area contributed by atoms with Crippen molar-refractivity contribution in [3.8, 4) is 0 Å². The maximum Gasteiger partial charge on any atom is 0.0640 e. The predicted octanol–water partition coefficient (Wildman–Crippen LogP) is 3.86. The Kier molecular flexibility index (Phi) is 3.61. The van der Waals surface area contributed by atoms with E-state index in [1.54, 1.807) is 0 Å². The molecule has 0 saturated carbocycles. The van der Waals surface area contributed by atoms with Gasteiger partial charge in [-0.05, 0) is 31.9 Å². The monoisotopic (exact) mass is 197 g/mol. The van der Waals surface area contributed by atoms with Crippen molar-refractivity contribution in [2.75, 3.05) is 5.32 Å². The van der Waals surface area contributed by atoms with Crippen molar-refractivity contribution in [2.24, 2.45) is 0 Å². The minimum Gasteiger partial charge on any atom is -0.381 e. The van der Waals surface area contributed by atoms with Crippen molar-refractivity contribution in [1.82, 2.24) is 0 Å². The molecule has 0 aliphatic carbocycles. The van der Waals surface area contributed by atoms with Crippen LogP contribution in [0.15, 0.2) is 18.2 Å². The van der Waals surface area contributed by atoms with Crippen molar-refractivity contribution in [2.45, 2.75) is 33.2 Å². The number of para-hydroxylation sites is 1. The standard InChI is InChI=1S/C11H16ClN/c1-4-9(3)13-11-8(2)6-5-7-10(11)12/h5-7,9,13H,4H2,1-3H3. The number of anilines is 1. The molecule has 13 heavy (non-hydrogen) atoms. The Morgan fingerprint density at radius 1 is 1.46 bits per heavy atom. The third-order valence-electron chi connectivity index (χ3n) is 2.23. The van der Waals surface area contributed by atoms with Crippen LogP contribution in [-0.2, 0) is 0 Å². The highest BCUT2D eigenvalue weighted by atomic mass is 35.5. The van der Waals surface area contributed by atoms with Crippen molar-refractivity contribution in [3.63, 3.8) is 0 Å². The summed E-state index contributed by atoms with van der Waals surface area (Å²) in [6.07, 6.45) is 1.10. The van der Waals surface area contributed by atoms with E-state index in [2.05, 4.69) is 32.2 Å². The molecule has 0 bridgehead atoms. The highest BCUT2D eigenvalue weighted by Gasteiger charge is 2.05. The Bertz CT molecular complexity index is 263. The van der Waals surface area contributed by atoms with Gasteiger partial charge in [0.25, 0.3) is 0 Å². The van der Waals surface area contributed by atoms with Gasteiger partial charge in [0, 0.05) is 6.04 Å². The van der Waals surface area contributed by atoms with Crippen LogP contribution < -0.4 is 5.32 Å². The second-order valence-electron chi connectivity index (χ2n) is 3.39. The summed E-state index contributed by atoms with van der Waals surface area (Å²) in [5, 5.41) is 4.20. The normalized spacial score (nSPS) is 12.6. The first-order valence-corrected chi connectivity index (χ1v) is 5.04. The fourth-order valence-electron chi connectivity index (χ4n) is 1.16. The molecule has 2 heteroatoms. The lowest BCUT2D eigenvalue weighted by Gasteiger charge is -2.16. The quantitative estimate of drug-likeness (QED) is 0.776. The molecular weight excluding hydrogens is 182 g/mol. The summed E-state index contributed by atoms with van der Waals surface area (Å²) in [4.78, 5) is 0. The van der Waals surface area contributed by atoms with Crippen LogP contribution in [0.4, 0.5) is 5.69 Å². The summed E-state index contributed by atoms with van der Waals surface area (Å²) < 4.78 is 0. The van der Waals surface area contributed by atoms with E-state index in [-0.39, 0.29) is 0 Å². The summed E-state index contributed by atoms with van der Waals surface area (Å²) in [6, 6.07) is 6.42. The van der Waals surface area contributed by atoms with Gasteiger partial charge in [0.15, 0.2) is 0 Å². The summed E-state index contributed by atoms with van der Waals surface area (Å²) in [5.74, 6) is 0. The van der Waals surface area contributed by atoms with Gasteiger partial charge in [-0.1, -0.05) is 30.7 Å². The number of nitrogens with one attached hydrogen (secondary N) is 1. The van der Waals surface area contributed by atoms with E-state index in [0.717, 1.165) is 17.1 Å². The molecule has 0 saturated heterocycles. The molecular formula is C11H16ClN. The first-order valence-electron chi connectivity index (χ1n) is 4.66. The topological polar surface area (TPSA) is 12.0 Å². The van der Waals surface area contributed by atoms with Gasteiger partial charge in [-0.15, -0.1) is 0 Å². The van der Waals surface area contributed by atoms with Crippen LogP contribution in [0, 0.1) is 6.92 Å². The molecule has 0 radical (unpaired) electrons. The van der Waals surface area contributed by atoms with Gasteiger partial charge in [-0.3, -0.25) is 0 Å². The lowest BCUT2D eigenvalue weighted by molar-refractivity contribution is 0.763. The van der Waals surface area contributed by atoms with Gasteiger partial charge in [-0.25, -0.2) is 0 Å². The van der Waals surface area contributed by atoms with E-state index in [0.29, 0.717) is 6.04 Å². The fourth-order valence-corrected chi connectivity index (χ4v) is 1.44. The Hall–Kier alpha value is -0.690. The number of aryl methyl sites for hydroxylation is 1. The van der Waals surface area contributed by atoms with Gasteiger partial charge < -0.3 is 5.32 Å². The Morgan fingerprint density at radius 2 is 2.15 bits per heavy atom. The van der Waals surface area contributed by atoms with Crippen LogP contribution in [0.1, 0.15) is 25.8 Å². The van der Waals surface area contributed by atoms with Crippen LogP contribution in [0.25, 0.3) is 0 Å². The minimum absolute atomic E-state index is 0.471. The summed E-state index contributed by atoms with van der Waals surface area (Å²) in [7, 11) is 0. The molecule has 1 atom stereocenters. The average Bonchev–Trinajstić information content (AvgIpc) is 2.11. The van der Waals surface area contributed by atoms with Crippen molar-refractivity contribution >= 4 is 17.3 Å². The van der Waals surface area contributed by atoms with Gasteiger partial charge in [0.05, 0.1) is 10.7 Å². The summed E-state index contributed by atoms with van der Waals surface area (Å²) in [6.45, 7) is 6.38. The zero-order chi connectivity index (χ0) is 9.84. The third kappa shape index (κ3) is 2.63. The van der Waals surface area contributed by atoms with E-state index in [1.807, 2.05) is 12.1 Å². The van der Waals surface area contributed by atoms with Gasteiger partial charge >= 0.3 is 0 Å². The van der Waals surface area contributed by atoms with E-state index in [9.17, 15) is 0 Å². The number of rotatable bonds is 3. The second kappa shape index (κ2) is 4.52. The fraction of sp³-hybridized carbons (Fsp3) is 0.455. The molecule has 0 heterocycles. The maximum absolute atomic E-state index is 6.07. The Morgan fingerprint density at radius 3 is 2.69 bits per heavy atom. The molecule has 0 aliphatic rings. The van der Waals surface area contributed by atoms with E-state index in [4.69, 9.17) is 11.6 Å². The van der Waals surface area contributed by atoms with Crippen LogP contribution in [0.5, 0.6) is 0 Å². The Balaban J connectivity index is 2.87. The minimum atomic E-state index is 0.471. The number of hydrogen-bond donors (Lipinski definition) is 1. The number of halogens is 1. The molecule has 0 aromatic heterocycles. The SMILES string of the molecule is CCC(C)Nc1c(C)cccc1Cl. The largest absolute Gasteiger partial charge is 0.381 e. The molecule has 72 valence electrons. The van der Waals surface area contributed by atoms with Gasteiger partial charge in [-0.2, -0.15) is 0 Å². The molecule has 1 aromatic rings. The first kappa shape index (κ1) is 10.4. The lowest BCUT2D eigenvalue weighted by atomic mass is 10.1. The Labute approximate surface area is 85.1 Å². The highest BCUT2D eigenvalue weighted by molar-refractivity contribution is 6.33. The van der Waals surface area contributed by atoms with Crippen LogP contribution in [0.2, 0.25) is 5.02 Å². The number of hydrogen-bond acceptors (Lipinski definition) is 1. The van der Waals surface area contributed by atoms with E-state index < -0.39 is 0 Å². The maximum atomic E-state index is 6.07. The molecule has 1 unspecified atom stereocenters. The number of benzene rings is 1. The molecule has 1 aromatic carbocycles. The molecule has 1 rings (SSSR count). The molecule has 0 aliphatic heterocycles. The zero-order valence-electron chi connectivity index (χ0n) is 8.39. The molecule has 1 N–H and O–H groups in total. The van der Waals surface area contributed by atoms with Crippen molar-refractivity contribution in [3.05, 3.63) is 28.8 Å². The van der Waals surface area contributed by atoms with Crippen LogP contribution in [0.3, 0.4) is 0 Å². The third-order valence-corrected chi connectivity index (χ3v) is 2.54. The molecule has 0 amide bonds. The van der Waals surface area contributed by atoms with Crippen molar-refractivity contribution in [1.29, 1.82) is 0 Å². The average molecular weight is 198 g/mol. The first-order chi connectivity index (χ1) is 6.15. The zero-order valence-corrected chi connectivity index (χ0v) is 9.15. The van der Waals surface area contributed by atoms with Crippen molar-refractivity contribution < 1.29 is 0 Å². The molecule has 1 nitrogen and oxygen atoms in total. The smallest absolute Gasteiger partial charge is 0.0640 e. The molecule has 0 spiro atoms. The second-order valence-corrected chi connectivity index (χ2v) is 3.79. The van der Waals surface area contributed by atoms with E-state index in [1.165, 1.54) is 5.56 Å². The highest BCUT2D eigenvalue weighted by Crippen LogP contribution is 2.26. The van der Waals surface area contributed by atoms with Crippen LogP contribution in [-0.4, -0.2) is 6.04 Å². The van der Waals surface area contributed by atoms with E-state index >= 15 is 0 Å². The van der Waals surface area contributed by atoms with Gasteiger partial charge in [0.2, 0.25) is 0 Å². The summed E-state index contributed by atoms with van der Waals surface area (Å²) in [5.41, 5.74) is 2.27. The van der Waals surface area contributed by atoms with Crippen LogP contribution >= 0.6 is 11.6 Å².